The van der Waals surface area contributed by atoms with E-state index in [1.54, 1.807) is 0 Å². The van der Waals surface area contributed by atoms with Crippen LogP contribution in [0.1, 0.15) is 20.8 Å². The summed E-state index contributed by atoms with van der Waals surface area (Å²) in [6.07, 6.45) is 0. The molecule has 2 nitrogen and oxygen atoms in total. The van der Waals surface area contributed by atoms with Crippen molar-refractivity contribution in [3.63, 3.8) is 0 Å². The van der Waals surface area contributed by atoms with E-state index in [1.807, 2.05) is 11.8 Å². The lowest BCUT2D eigenvalue weighted by Gasteiger charge is -2.20. The Morgan fingerprint density at radius 1 is 1.31 bits per heavy atom. The molecule has 0 atom stereocenters. The third-order valence-electron chi connectivity index (χ3n) is 2.15. The molecular weight excluding hydrogens is 180 g/mol. The molecule has 0 aromatic carbocycles. The fraction of sp³-hybridized carbons (Fsp3) is 1.00. The average Bonchev–Trinajstić information content (AvgIpc) is 2.10. The van der Waals surface area contributed by atoms with Crippen molar-refractivity contribution in [1.29, 1.82) is 0 Å². The molecule has 0 aliphatic rings. The number of rotatable bonds is 8. The molecule has 0 aliphatic heterocycles. The van der Waals surface area contributed by atoms with Crippen LogP contribution in [-0.2, 0) is 0 Å². The molecule has 80 valence electrons. The predicted octanol–water partition coefficient (Wildman–Crippen LogP) is 1.67. The SMILES string of the molecule is CCSCCNCCN(C)C(C)C. The Bertz CT molecular complexity index is 107. The zero-order chi connectivity index (χ0) is 10.1. The lowest BCUT2D eigenvalue weighted by molar-refractivity contribution is 0.274. The number of likely N-dealkylation sites (N-methyl/N-ethyl adjacent to an activating group) is 1. The average molecular weight is 204 g/mol. The van der Waals surface area contributed by atoms with Crippen LogP contribution < -0.4 is 5.32 Å². The van der Waals surface area contributed by atoms with Crippen molar-refractivity contribution in [3.8, 4) is 0 Å². The van der Waals surface area contributed by atoms with Crippen LogP contribution in [0.3, 0.4) is 0 Å². The number of thioether (sulfide) groups is 1. The maximum absolute atomic E-state index is 3.44. The fourth-order valence-electron chi connectivity index (χ4n) is 0.927. The van der Waals surface area contributed by atoms with Gasteiger partial charge in [-0.25, -0.2) is 0 Å². The van der Waals surface area contributed by atoms with Crippen LogP contribution in [0.4, 0.5) is 0 Å². The number of nitrogens with one attached hydrogen (secondary N) is 1. The van der Waals surface area contributed by atoms with Crippen molar-refractivity contribution in [2.45, 2.75) is 26.8 Å². The second-order valence-electron chi connectivity index (χ2n) is 3.52. The lowest BCUT2D eigenvalue weighted by Crippen LogP contribution is -2.34. The summed E-state index contributed by atoms with van der Waals surface area (Å²) in [5.74, 6) is 2.47. The number of hydrogen-bond donors (Lipinski definition) is 1. The van der Waals surface area contributed by atoms with E-state index in [0.717, 1.165) is 19.6 Å². The first-order chi connectivity index (χ1) is 6.18. The number of nitrogens with zero attached hydrogens (tertiary/aromatic N) is 1. The van der Waals surface area contributed by atoms with Crippen LogP contribution in [-0.4, -0.2) is 49.1 Å². The minimum atomic E-state index is 0.659. The van der Waals surface area contributed by atoms with Crippen molar-refractivity contribution in [3.05, 3.63) is 0 Å². The minimum Gasteiger partial charge on any atom is -0.315 e. The Morgan fingerprint density at radius 2 is 2.00 bits per heavy atom. The van der Waals surface area contributed by atoms with Gasteiger partial charge in [0.15, 0.2) is 0 Å². The highest BCUT2D eigenvalue weighted by atomic mass is 32.2. The van der Waals surface area contributed by atoms with Crippen molar-refractivity contribution < 1.29 is 0 Å². The van der Waals surface area contributed by atoms with E-state index in [4.69, 9.17) is 0 Å². The molecule has 0 spiro atoms. The van der Waals surface area contributed by atoms with Gasteiger partial charge in [0.25, 0.3) is 0 Å². The third kappa shape index (κ3) is 8.60. The molecule has 0 aliphatic carbocycles. The van der Waals surface area contributed by atoms with Gasteiger partial charge in [-0.3, -0.25) is 0 Å². The summed E-state index contributed by atoms with van der Waals surface area (Å²) in [5, 5.41) is 3.44. The van der Waals surface area contributed by atoms with Crippen LogP contribution in [0.5, 0.6) is 0 Å². The molecule has 0 saturated carbocycles. The Hall–Kier alpha value is 0.270. The van der Waals surface area contributed by atoms with Gasteiger partial charge in [-0.2, -0.15) is 11.8 Å². The van der Waals surface area contributed by atoms with Gasteiger partial charge in [0.2, 0.25) is 0 Å². The first-order valence-corrected chi connectivity index (χ1v) is 6.32. The van der Waals surface area contributed by atoms with Crippen LogP contribution in [0.15, 0.2) is 0 Å². The largest absolute Gasteiger partial charge is 0.315 e. The van der Waals surface area contributed by atoms with Gasteiger partial charge in [-0.15, -0.1) is 0 Å². The summed E-state index contributed by atoms with van der Waals surface area (Å²) >= 11 is 2.00. The second-order valence-corrected chi connectivity index (χ2v) is 4.92. The maximum atomic E-state index is 3.44. The van der Waals surface area contributed by atoms with E-state index in [0.29, 0.717) is 6.04 Å². The lowest BCUT2D eigenvalue weighted by atomic mass is 10.3. The van der Waals surface area contributed by atoms with Crippen LogP contribution in [0, 0.1) is 0 Å². The quantitative estimate of drug-likeness (QED) is 0.606. The summed E-state index contributed by atoms with van der Waals surface area (Å²) in [4.78, 5) is 2.36. The van der Waals surface area contributed by atoms with Gasteiger partial charge in [-0.1, -0.05) is 6.92 Å². The summed E-state index contributed by atoms with van der Waals surface area (Å²) in [6, 6.07) is 0.659. The van der Waals surface area contributed by atoms with Crippen LogP contribution >= 0.6 is 11.8 Å². The normalized spacial score (nSPS) is 11.5. The molecule has 0 fully saturated rings. The van der Waals surface area contributed by atoms with Gasteiger partial charge in [0.05, 0.1) is 0 Å². The van der Waals surface area contributed by atoms with Gasteiger partial charge in [-0.05, 0) is 26.6 Å². The minimum absolute atomic E-state index is 0.659. The van der Waals surface area contributed by atoms with Gasteiger partial charge >= 0.3 is 0 Å². The summed E-state index contributed by atoms with van der Waals surface area (Å²) in [7, 11) is 2.17. The van der Waals surface area contributed by atoms with E-state index < -0.39 is 0 Å². The van der Waals surface area contributed by atoms with Gasteiger partial charge < -0.3 is 10.2 Å². The summed E-state index contributed by atoms with van der Waals surface area (Å²) < 4.78 is 0. The Labute approximate surface area is 87.5 Å². The molecule has 0 aromatic rings. The zero-order valence-corrected chi connectivity index (χ0v) is 10.3. The van der Waals surface area contributed by atoms with Crippen molar-refractivity contribution in [1.82, 2.24) is 10.2 Å². The standard InChI is InChI=1S/C10H24N2S/c1-5-13-9-7-11-6-8-12(4)10(2)3/h10-11H,5-9H2,1-4H3. The Balaban J connectivity index is 3.07. The van der Waals surface area contributed by atoms with E-state index >= 15 is 0 Å². The summed E-state index contributed by atoms with van der Waals surface area (Å²) in [5.41, 5.74) is 0. The highest BCUT2D eigenvalue weighted by Crippen LogP contribution is 1.95. The van der Waals surface area contributed by atoms with Crippen LogP contribution in [0.2, 0.25) is 0 Å². The molecule has 0 heterocycles. The number of hydrogen-bond acceptors (Lipinski definition) is 3. The maximum Gasteiger partial charge on any atom is 0.0106 e. The Morgan fingerprint density at radius 3 is 2.54 bits per heavy atom. The molecule has 0 bridgehead atoms. The molecule has 0 amide bonds. The van der Waals surface area contributed by atoms with E-state index in [2.05, 4.69) is 38.0 Å². The van der Waals surface area contributed by atoms with Gasteiger partial charge in [0, 0.05) is 31.4 Å². The van der Waals surface area contributed by atoms with E-state index in [-0.39, 0.29) is 0 Å². The van der Waals surface area contributed by atoms with E-state index in [1.165, 1.54) is 11.5 Å². The third-order valence-corrected chi connectivity index (χ3v) is 3.05. The topological polar surface area (TPSA) is 15.3 Å². The molecule has 0 radical (unpaired) electrons. The zero-order valence-electron chi connectivity index (χ0n) is 9.47. The molecule has 13 heavy (non-hydrogen) atoms. The molecule has 0 rings (SSSR count). The Kier molecular flexibility index (Phi) is 9.03. The smallest absolute Gasteiger partial charge is 0.0106 e. The van der Waals surface area contributed by atoms with Crippen molar-refractivity contribution >= 4 is 11.8 Å². The molecule has 0 aromatic heterocycles. The fourth-order valence-corrected chi connectivity index (χ4v) is 1.50. The molecule has 0 unspecified atom stereocenters. The van der Waals surface area contributed by atoms with E-state index in [9.17, 15) is 0 Å². The molecule has 0 saturated heterocycles. The molecule has 1 N–H and O–H groups in total. The monoisotopic (exact) mass is 204 g/mol. The summed E-state index contributed by atoms with van der Waals surface area (Å²) in [6.45, 7) is 10.1. The molecule has 3 heteroatoms. The van der Waals surface area contributed by atoms with Crippen molar-refractivity contribution in [2.24, 2.45) is 0 Å². The first kappa shape index (κ1) is 13.3. The highest BCUT2D eigenvalue weighted by molar-refractivity contribution is 7.99. The first-order valence-electron chi connectivity index (χ1n) is 5.17. The molecular formula is C10H24N2S. The van der Waals surface area contributed by atoms with Crippen molar-refractivity contribution in [2.75, 3.05) is 38.2 Å². The highest BCUT2D eigenvalue weighted by Gasteiger charge is 2.00. The van der Waals surface area contributed by atoms with Crippen LogP contribution in [0.25, 0.3) is 0 Å². The van der Waals surface area contributed by atoms with Gasteiger partial charge in [0.1, 0.15) is 0 Å². The predicted molar refractivity (Wildman–Crippen MR) is 63.6 cm³/mol. The second kappa shape index (κ2) is 8.85.